The number of carbonyl (C=O) groups excluding carboxylic acids is 4. The molecular weight excluding hydrogens is 616 g/mol. The topological polar surface area (TPSA) is 179 Å². The van der Waals surface area contributed by atoms with Crippen molar-refractivity contribution >= 4 is 40.6 Å². The largest absolute Gasteiger partial charge is 0.481 e. The number of carbonyl (C=O) groups is 5. The van der Waals surface area contributed by atoms with Gasteiger partial charge in [-0.25, -0.2) is 4.79 Å². The van der Waals surface area contributed by atoms with Gasteiger partial charge in [-0.1, -0.05) is 78.9 Å². The van der Waals surface area contributed by atoms with Gasteiger partial charge in [-0.3, -0.25) is 19.2 Å². The van der Waals surface area contributed by atoms with Crippen molar-refractivity contribution in [3.63, 3.8) is 0 Å². The molecule has 0 unspecified atom stereocenters. The summed E-state index contributed by atoms with van der Waals surface area (Å²) in [5.74, 6) is -2.87. The van der Waals surface area contributed by atoms with Gasteiger partial charge < -0.3 is 35.5 Å². The SMILES string of the molecule is C[C@@]1(C(=O)[C@H](Cc2ccccc2)NC(=O)[C@H](Cc2c[nH]c3ccccc23)NC(=O)[C@H](CCC(=O)O)NC(=O)OCc2ccccc2)CO1. The van der Waals surface area contributed by atoms with Crippen molar-refractivity contribution in [1.29, 1.82) is 0 Å². The van der Waals surface area contributed by atoms with E-state index in [4.69, 9.17) is 9.47 Å². The van der Waals surface area contributed by atoms with Gasteiger partial charge in [-0.05, 0) is 42.5 Å². The number of carboxylic acids is 1. The first-order valence-corrected chi connectivity index (χ1v) is 15.7. The third-order valence-corrected chi connectivity index (χ3v) is 8.21. The molecule has 0 bridgehead atoms. The highest BCUT2D eigenvalue weighted by Gasteiger charge is 2.50. The molecule has 0 spiro atoms. The molecule has 250 valence electrons. The van der Waals surface area contributed by atoms with Crippen LogP contribution in [0.3, 0.4) is 0 Å². The molecule has 0 saturated carbocycles. The van der Waals surface area contributed by atoms with E-state index in [0.717, 1.165) is 27.6 Å². The molecule has 3 amide bonds. The summed E-state index contributed by atoms with van der Waals surface area (Å²) in [4.78, 5) is 68.5. The summed E-state index contributed by atoms with van der Waals surface area (Å²) in [5, 5.41) is 18.2. The summed E-state index contributed by atoms with van der Waals surface area (Å²) in [7, 11) is 0. The Morgan fingerprint density at radius 1 is 0.812 bits per heavy atom. The average Bonchev–Trinajstić information content (AvgIpc) is 3.72. The van der Waals surface area contributed by atoms with Crippen molar-refractivity contribution in [2.24, 2.45) is 0 Å². The maximum Gasteiger partial charge on any atom is 0.408 e. The van der Waals surface area contributed by atoms with Gasteiger partial charge >= 0.3 is 12.1 Å². The summed E-state index contributed by atoms with van der Waals surface area (Å²) in [6, 6.07) is 22.1. The number of hydrogen-bond acceptors (Lipinski definition) is 7. The van der Waals surface area contributed by atoms with Crippen molar-refractivity contribution < 1.29 is 38.6 Å². The maximum absolute atomic E-state index is 14.0. The number of ether oxygens (including phenoxy) is 2. The smallest absolute Gasteiger partial charge is 0.408 e. The molecule has 1 aliphatic rings. The number of aliphatic carboxylic acids is 1. The van der Waals surface area contributed by atoms with Crippen LogP contribution in [0.25, 0.3) is 10.9 Å². The first kappa shape index (κ1) is 33.9. The molecule has 48 heavy (non-hydrogen) atoms. The Labute approximate surface area is 277 Å². The van der Waals surface area contributed by atoms with E-state index in [1.54, 1.807) is 37.4 Å². The number of ketones is 1. The molecule has 5 rings (SSSR count). The fraction of sp³-hybridized carbons (Fsp3) is 0.306. The van der Waals surface area contributed by atoms with Crippen LogP contribution in [0.4, 0.5) is 4.79 Å². The number of aromatic amines is 1. The van der Waals surface area contributed by atoms with Crippen molar-refractivity contribution in [2.45, 2.75) is 62.9 Å². The van der Waals surface area contributed by atoms with Gasteiger partial charge in [0.2, 0.25) is 11.8 Å². The highest BCUT2D eigenvalue weighted by molar-refractivity contribution is 5.99. The van der Waals surface area contributed by atoms with Crippen LogP contribution < -0.4 is 16.0 Å². The van der Waals surface area contributed by atoms with Gasteiger partial charge in [0.15, 0.2) is 5.78 Å². The standard InChI is InChI=1S/C36H38N4O8/c1-36(22-48-36)32(43)29(18-23-10-4-2-5-11-23)38-34(45)30(19-25-20-37-27-15-9-8-14-26(25)27)39-33(44)28(16-17-31(41)42)40-35(46)47-21-24-12-6-3-7-13-24/h2-15,20,28-30,37H,16-19,21-22H2,1H3,(H,38,45)(H,39,44)(H,40,46)(H,41,42)/t28-,29-,30-,36-/m0/s1. The highest BCUT2D eigenvalue weighted by Crippen LogP contribution is 2.29. The molecule has 2 heterocycles. The summed E-state index contributed by atoms with van der Waals surface area (Å²) in [6.45, 7) is 1.84. The zero-order chi connectivity index (χ0) is 34.1. The third-order valence-electron chi connectivity index (χ3n) is 8.21. The average molecular weight is 655 g/mol. The molecule has 1 saturated heterocycles. The number of nitrogens with one attached hydrogen (secondary N) is 4. The monoisotopic (exact) mass is 654 g/mol. The fourth-order valence-corrected chi connectivity index (χ4v) is 5.40. The molecule has 5 N–H and O–H groups in total. The van der Waals surface area contributed by atoms with Crippen molar-refractivity contribution in [3.05, 3.63) is 108 Å². The van der Waals surface area contributed by atoms with Crippen LogP contribution in [0.1, 0.15) is 36.5 Å². The van der Waals surface area contributed by atoms with Crippen LogP contribution >= 0.6 is 0 Å². The zero-order valence-electron chi connectivity index (χ0n) is 26.4. The number of fused-ring (bicyclic) bond motifs is 1. The van der Waals surface area contributed by atoms with Gasteiger partial charge in [0, 0.05) is 29.9 Å². The molecule has 1 fully saturated rings. The molecule has 0 aliphatic carbocycles. The Morgan fingerprint density at radius 2 is 1.42 bits per heavy atom. The Hall–Kier alpha value is -5.49. The summed E-state index contributed by atoms with van der Waals surface area (Å²) in [6.07, 6.45) is 0.369. The second kappa shape index (κ2) is 15.4. The van der Waals surface area contributed by atoms with Crippen LogP contribution in [0.2, 0.25) is 0 Å². The van der Waals surface area contributed by atoms with Crippen LogP contribution in [-0.2, 0) is 48.1 Å². The van der Waals surface area contributed by atoms with E-state index >= 15 is 0 Å². The van der Waals surface area contributed by atoms with Crippen LogP contribution in [-0.4, -0.2) is 70.1 Å². The lowest BCUT2D eigenvalue weighted by molar-refractivity contribution is -0.137. The molecule has 3 aromatic carbocycles. The number of carboxylic acid groups (broad SMARTS) is 1. The van der Waals surface area contributed by atoms with Gasteiger partial charge in [0.05, 0.1) is 12.6 Å². The van der Waals surface area contributed by atoms with E-state index in [9.17, 15) is 29.1 Å². The molecule has 4 aromatic rings. The second-order valence-corrected chi connectivity index (χ2v) is 12.0. The van der Waals surface area contributed by atoms with Gasteiger partial charge in [-0.15, -0.1) is 0 Å². The number of benzene rings is 3. The van der Waals surface area contributed by atoms with E-state index in [1.165, 1.54) is 0 Å². The molecule has 1 aromatic heterocycles. The van der Waals surface area contributed by atoms with Gasteiger partial charge in [0.1, 0.15) is 24.3 Å². The van der Waals surface area contributed by atoms with Crippen LogP contribution in [0.15, 0.2) is 91.1 Å². The molecule has 0 radical (unpaired) electrons. The Morgan fingerprint density at radius 3 is 2.08 bits per heavy atom. The van der Waals surface area contributed by atoms with Gasteiger partial charge in [0.25, 0.3) is 0 Å². The Bertz CT molecular complexity index is 1750. The number of hydrogen-bond donors (Lipinski definition) is 5. The quantitative estimate of drug-likeness (QED) is 0.114. The number of rotatable bonds is 16. The van der Waals surface area contributed by atoms with Crippen LogP contribution in [0.5, 0.6) is 0 Å². The summed E-state index contributed by atoms with van der Waals surface area (Å²) < 4.78 is 10.7. The third kappa shape index (κ3) is 9.07. The second-order valence-electron chi connectivity index (χ2n) is 12.0. The molecular formula is C36H38N4O8. The summed E-state index contributed by atoms with van der Waals surface area (Å²) in [5.41, 5.74) is 2.08. The van der Waals surface area contributed by atoms with Crippen molar-refractivity contribution in [3.8, 4) is 0 Å². The van der Waals surface area contributed by atoms with E-state index in [1.807, 2.05) is 60.7 Å². The molecule has 1 aliphatic heterocycles. The van der Waals surface area contributed by atoms with E-state index in [0.29, 0.717) is 0 Å². The number of amides is 3. The zero-order valence-corrected chi connectivity index (χ0v) is 26.4. The fourth-order valence-electron chi connectivity index (χ4n) is 5.40. The normalized spacial score (nSPS) is 17.0. The highest BCUT2D eigenvalue weighted by atomic mass is 16.6. The number of aromatic nitrogens is 1. The van der Waals surface area contributed by atoms with E-state index in [2.05, 4.69) is 20.9 Å². The van der Waals surface area contributed by atoms with Crippen LogP contribution in [0, 0.1) is 0 Å². The lowest BCUT2D eigenvalue weighted by Gasteiger charge is -2.26. The molecule has 12 heteroatoms. The molecule has 12 nitrogen and oxygen atoms in total. The van der Waals surface area contributed by atoms with Gasteiger partial charge in [-0.2, -0.15) is 0 Å². The van der Waals surface area contributed by atoms with Crippen molar-refractivity contribution in [1.82, 2.24) is 20.9 Å². The minimum atomic E-state index is -1.33. The lowest BCUT2D eigenvalue weighted by atomic mass is 9.94. The predicted octanol–water partition coefficient (Wildman–Crippen LogP) is 3.44. The van der Waals surface area contributed by atoms with E-state index < -0.39 is 54.0 Å². The number of para-hydroxylation sites is 1. The number of epoxide rings is 1. The Kier molecular flexibility index (Phi) is 10.9. The summed E-state index contributed by atoms with van der Waals surface area (Å²) >= 11 is 0. The number of Topliss-reactive ketones (excluding diaryl/α,β-unsaturated/α-hetero) is 1. The minimum Gasteiger partial charge on any atom is -0.481 e. The van der Waals surface area contributed by atoms with Crippen molar-refractivity contribution in [2.75, 3.05) is 6.61 Å². The first-order chi connectivity index (χ1) is 23.1. The Balaban J connectivity index is 1.36. The number of alkyl carbamates (subject to hydrolysis) is 1. The molecule has 4 atom stereocenters. The minimum absolute atomic E-state index is 0.0334. The predicted molar refractivity (Wildman–Crippen MR) is 176 cm³/mol. The first-order valence-electron chi connectivity index (χ1n) is 15.7. The number of H-pyrrole nitrogens is 1. The maximum atomic E-state index is 14.0. The lowest BCUT2D eigenvalue weighted by Crippen LogP contribution is -2.57. The van der Waals surface area contributed by atoms with E-state index in [-0.39, 0.29) is 38.3 Å².